The molecule has 2 aromatic heterocycles. The van der Waals surface area contributed by atoms with Crippen LogP contribution in [0, 0.1) is 0 Å². The van der Waals surface area contributed by atoms with Gasteiger partial charge in [-0.25, -0.2) is 9.67 Å². The molecular formula is C15H9BClF3N4O. The molecule has 0 atom stereocenters. The van der Waals surface area contributed by atoms with E-state index in [1.54, 1.807) is 6.07 Å². The fourth-order valence-electron chi connectivity index (χ4n) is 2.26. The molecule has 3 aromatic rings. The first-order valence-corrected chi connectivity index (χ1v) is 7.31. The van der Waals surface area contributed by atoms with Gasteiger partial charge in [-0.1, -0.05) is 29.2 Å². The van der Waals surface area contributed by atoms with Crippen molar-refractivity contribution >= 4 is 47.2 Å². The molecule has 0 bridgehead atoms. The monoisotopic (exact) mass is 364 g/mol. The molecule has 3 rings (SSSR count). The largest absolute Gasteiger partial charge is 0.433 e. The number of anilines is 2. The quantitative estimate of drug-likeness (QED) is 0.710. The van der Waals surface area contributed by atoms with E-state index in [1.807, 2.05) is 0 Å². The highest BCUT2D eigenvalue weighted by atomic mass is 35.5. The van der Waals surface area contributed by atoms with Crippen LogP contribution >= 0.6 is 11.6 Å². The summed E-state index contributed by atoms with van der Waals surface area (Å²) in [6.07, 6.45) is -3.52. The van der Waals surface area contributed by atoms with Gasteiger partial charge in [-0.3, -0.25) is 4.79 Å². The van der Waals surface area contributed by atoms with Gasteiger partial charge in [0.05, 0.1) is 22.3 Å². The van der Waals surface area contributed by atoms with Gasteiger partial charge >= 0.3 is 6.18 Å². The Labute approximate surface area is 145 Å². The first-order chi connectivity index (χ1) is 11.7. The van der Waals surface area contributed by atoms with Crippen molar-refractivity contribution in [3.63, 3.8) is 0 Å². The van der Waals surface area contributed by atoms with Crippen molar-refractivity contribution < 1.29 is 13.2 Å². The highest BCUT2D eigenvalue weighted by molar-refractivity contribution is 6.46. The highest BCUT2D eigenvalue weighted by Gasteiger charge is 2.34. The lowest BCUT2D eigenvalue weighted by Gasteiger charge is -2.14. The van der Waals surface area contributed by atoms with Gasteiger partial charge in [0, 0.05) is 12.4 Å². The highest BCUT2D eigenvalue weighted by Crippen LogP contribution is 2.33. The lowest BCUT2D eigenvalue weighted by molar-refractivity contribution is -0.140. The van der Waals surface area contributed by atoms with Gasteiger partial charge in [-0.15, -0.1) is 0 Å². The molecule has 0 fully saturated rings. The number of rotatable bonds is 2. The summed E-state index contributed by atoms with van der Waals surface area (Å²) in [5, 5.41) is 6.50. The maximum atomic E-state index is 13.1. The molecule has 25 heavy (non-hydrogen) atoms. The van der Waals surface area contributed by atoms with Crippen molar-refractivity contribution in [2.24, 2.45) is 7.05 Å². The Hall–Kier alpha value is -2.55. The summed E-state index contributed by atoms with van der Waals surface area (Å²) < 4.78 is 40.4. The SMILES string of the molecule is [B]c1cccc(Nc2nc(C(F)(F)F)cc3cnn(C)c(=O)c23)c1Cl. The van der Waals surface area contributed by atoms with Crippen molar-refractivity contribution in [2.45, 2.75) is 6.18 Å². The van der Waals surface area contributed by atoms with Gasteiger partial charge in [0.25, 0.3) is 5.56 Å². The number of nitrogens with zero attached hydrogens (tertiary/aromatic N) is 3. The maximum Gasteiger partial charge on any atom is 0.433 e. The summed E-state index contributed by atoms with van der Waals surface area (Å²) >= 11 is 6.06. The number of pyridine rings is 1. The Morgan fingerprint density at radius 1 is 1.32 bits per heavy atom. The molecule has 1 N–H and O–H groups in total. The predicted octanol–water partition coefficient (Wildman–Crippen LogP) is 2.54. The van der Waals surface area contributed by atoms with Crippen molar-refractivity contribution in [1.29, 1.82) is 0 Å². The smallest absolute Gasteiger partial charge is 0.338 e. The summed E-state index contributed by atoms with van der Waals surface area (Å²) in [4.78, 5) is 15.9. The molecule has 0 saturated carbocycles. The number of benzene rings is 1. The molecule has 2 radical (unpaired) electrons. The predicted molar refractivity (Wildman–Crippen MR) is 89.9 cm³/mol. The zero-order valence-corrected chi connectivity index (χ0v) is 13.5. The zero-order valence-electron chi connectivity index (χ0n) is 12.7. The fourth-order valence-corrected chi connectivity index (χ4v) is 2.44. The van der Waals surface area contributed by atoms with Crippen LogP contribution in [0.5, 0.6) is 0 Å². The minimum atomic E-state index is -4.69. The van der Waals surface area contributed by atoms with Gasteiger partial charge < -0.3 is 5.32 Å². The first kappa shape index (κ1) is 17.3. The second-order valence-electron chi connectivity index (χ2n) is 5.23. The van der Waals surface area contributed by atoms with E-state index >= 15 is 0 Å². The lowest BCUT2D eigenvalue weighted by Crippen LogP contribution is -2.21. The summed E-state index contributed by atoms with van der Waals surface area (Å²) in [6.45, 7) is 0. The van der Waals surface area contributed by atoms with Gasteiger partial charge in [0.2, 0.25) is 0 Å². The Kier molecular flexibility index (Phi) is 4.20. The molecule has 0 spiro atoms. The normalized spacial score (nSPS) is 11.7. The van der Waals surface area contributed by atoms with Crippen LogP contribution in [0.2, 0.25) is 5.02 Å². The van der Waals surface area contributed by atoms with Crippen LogP contribution in [-0.4, -0.2) is 22.6 Å². The average molecular weight is 365 g/mol. The minimum absolute atomic E-state index is 0.00736. The van der Waals surface area contributed by atoms with Crippen molar-refractivity contribution in [3.8, 4) is 0 Å². The molecule has 0 saturated heterocycles. The Morgan fingerprint density at radius 3 is 2.72 bits per heavy atom. The number of alkyl halides is 3. The molecule has 0 aliphatic carbocycles. The second kappa shape index (κ2) is 6.07. The van der Waals surface area contributed by atoms with Gasteiger partial charge in [-0.2, -0.15) is 18.3 Å². The van der Waals surface area contributed by atoms with Crippen molar-refractivity contribution in [3.05, 3.63) is 51.5 Å². The number of halogens is 4. The summed E-state index contributed by atoms with van der Waals surface area (Å²) in [5.74, 6) is -0.277. The summed E-state index contributed by atoms with van der Waals surface area (Å²) in [6, 6.07) is 5.39. The minimum Gasteiger partial charge on any atom is -0.338 e. The third kappa shape index (κ3) is 3.19. The summed E-state index contributed by atoms with van der Waals surface area (Å²) in [5.41, 5.74) is -1.29. The van der Waals surface area contributed by atoms with Crippen LogP contribution in [0.1, 0.15) is 5.69 Å². The number of hydrogen-bond donors (Lipinski definition) is 1. The molecule has 0 aliphatic heterocycles. The van der Waals surface area contributed by atoms with Crippen molar-refractivity contribution in [1.82, 2.24) is 14.8 Å². The molecule has 0 aliphatic rings. The standard InChI is InChI=1S/C15H9BClF3N4O/c1-24-14(25)11-7(6-21-24)5-10(15(18,19)20)23-13(11)22-9-4-2-3-8(16)12(9)17/h2-6H,1H3,(H,22,23). The average Bonchev–Trinajstić information content (AvgIpc) is 2.54. The maximum absolute atomic E-state index is 13.1. The van der Waals surface area contributed by atoms with Gasteiger partial charge in [0.15, 0.2) is 0 Å². The molecule has 2 heterocycles. The fraction of sp³-hybridized carbons (Fsp3) is 0.133. The number of fused-ring (bicyclic) bond motifs is 1. The van der Waals surface area contributed by atoms with Crippen LogP contribution in [0.15, 0.2) is 35.3 Å². The van der Waals surface area contributed by atoms with Crippen LogP contribution in [0.4, 0.5) is 24.7 Å². The molecule has 5 nitrogen and oxygen atoms in total. The summed E-state index contributed by atoms with van der Waals surface area (Å²) in [7, 11) is 7.08. The van der Waals surface area contributed by atoms with Crippen LogP contribution in [-0.2, 0) is 13.2 Å². The third-order valence-electron chi connectivity index (χ3n) is 3.50. The van der Waals surface area contributed by atoms with Gasteiger partial charge in [0.1, 0.15) is 19.4 Å². The van der Waals surface area contributed by atoms with Crippen LogP contribution in [0.3, 0.4) is 0 Å². The molecule has 0 amide bonds. The first-order valence-electron chi connectivity index (χ1n) is 6.94. The molecule has 126 valence electrons. The lowest BCUT2D eigenvalue weighted by atomic mass is 9.96. The van der Waals surface area contributed by atoms with Gasteiger partial charge in [-0.05, 0) is 12.1 Å². The molecule has 10 heteroatoms. The van der Waals surface area contributed by atoms with E-state index in [-0.39, 0.29) is 32.8 Å². The van der Waals surface area contributed by atoms with Crippen LogP contribution < -0.4 is 16.3 Å². The number of aryl methyl sites for hydroxylation is 1. The number of aromatic nitrogens is 3. The molecular weight excluding hydrogens is 355 g/mol. The van der Waals surface area contributed by atoms with E-state index < -0.39 is 17.4 Å². The molecule has 0 unspecified atom stereocenters. The molecule has 1 aromatic carbocycles. The van der Waals surface area contributed by atoms with E-state index in [2.05, 4.69) is 15.4 Å². The Bertz CT molecular complexity index is 1040. The number of hydrogen-bond acceptors (Lipinski definition) is 4. The number of nitrogens with one attached hydrogen (secondary N) is 1. The van der Waals surface area contributed by atoms with E-state index in [9.17, 15) is 18.0 Å². The van der Waals surface area contributed by atoms with Crippen LogP contribution in [0.25, 0.3) is 10.8 Å². The van der Waals surface area contributed by atoms with Crippen molar-refractivity contribution in [2.75, 3.05) is 5.32 Å². The van der Waals surface area contributed by atoms with E-state index in [4.69, 9.17) is 19.4 Å². The Balaban J connectivity index is 2.29. The second-order valence-corrected chi connectivity index (χ2v) is 5.60. The Morgan fingerprint density at radius 2 is 2.04 bits per heavy atom. The van der Waals surface area contributed by atoms with E-state index in [0.29, 0.717) is 0 Å². The van der Waals surface area contributed by atoms with E-state index in [0.717, 1.165) is 10.7 Å². The van der Waals surface area contributed by atoms with E-state index in [1.165, 1.54) is 25.4 Å². The topological polar surface area (TPSA) is 59.8 Å². The zero-order chi connectivity index (χ0) is 18.4. The third-order valence-corrected chi connectivity index (χ3v) is 3.92.